The van der Waals surface area contributed by atoms with Gasteiger partial charge in [0.2, 0.25) is 0 Å². The highest BCUT2D eigenvalue weighted by Gasteiger charge is 2.00. The number of rotatable bonds is 23. The second-order valence-corrected chi connectivity index (χ2v) is 10.6. The number of carbonyl (C=O) groups is 1. The van der Waals surface area contributed by atoms with Crippen molar-refractivity contribution in [2.45, 2.75) is 231 Å². The number of esters is 1. The van der Waals surface area contributed by atoms with Crippen molar-refractivity contribution in [1.29, 1.82) is 0 Å². The van der Waals surface area contributed by atoms with Gasteiger partial charge in [-0.3, -0.25) is 4.79 Å². The molecule has 5 heteroatoms. The molecule has 0 fully saturated rings. The van der Waals surface area contributed by atoms with Gasteiger partial charge >= 0.3 is 5.97 Å². The standard InChI is InChI=1S/C10H20O2.C10H22O.C8H18O.C6H14O.8CH4/c1-3-5-6-7-8-10(11)12-9-4-2;1-3-5-7-9-11-10-8-6-4-2;1-5-8(4)9-6-7(2)3;1-3-5-7-6-4-2;;;;;;;;/h3-9H2,1-2H3;3-10H2,1-2H3;7-8H,5-6H2,1-4H3;3-6H2,1-2H3;8*1H4. The van der Waals surface area contributed by atoms with Gasteiger partial charge in [-0.25, -0.2) is 0 Å². The largest absolute Gasteiger partial charge is 0.466 e. The van der Waals surface area contributed by atoms with Gasteiger partial charge in [-0.2, -0.15) is 0 Å². The number of hydrogen-bond acceptors (Lipinski definition) is 5. The van der Waals surface area contributed by atoms with Crippen LogP contribution in [0, 0.1) is 5.92 Å². The smallest absolute Gasteiger partial charge is 0.305 e. The SMILES string of the molecule is C.C.C.C.C.C.C.C.CCC(C)OCC(C)C.CCCCCCC(=O)OCCC.CCCCCOCCCCC.CCCOCCC. The molecular weight excluding hydrogens is 584 g/mol. The molecule has 0 rings (SSSR count). The summed E-state index contributed by atoms with van der Waals surface area (Å²) < 4.78 is 21.0. The molecule has 0 aromatic carbocycles. The van der Waals surface area contributed by atoms with Crippen molar-refractivity contribution < 1.29 is 23.7 Å². The summed E-state index contributed by atoms with van der Waals surface area (Å²) in [6.07, 6.45) is 17.6. The van der Waals surface area contributed by atoms with Crippen molar-refractivity contribution >= 4 is 5.97 Å². The molecule has 0 aliphatic rings. The molecule has 47 heavy (non-hydrogen) atoms. The number of unbranched alkanes of at least 4 members (excludes halogenated alkanes) is 7. The van der Waals surface area contributed by atoms with E-state index in [1.807, 2.05) is 6.92 Å². The van der Waals surface area contributed by atoms with Crippen molar-refractivity contribution in [2.75, 3.05) is 39.6 Å². The van der Waals surface area contributed by atoms with Gasteiger partial charge in [-0.15, -0.1) is 0 Å². The predicted octanol–water partition coefficient (Wildman–Crippen LogP) is 15.7. The van der Waals surface area contributed by atoms with Gasteiger partial charge in [0.25, 0.3) is 0 Å². The molecule has 0 heterocycles. The minimum atomic E-state index is -0.0343. The third-order valence-corrected chi connectivity index (χ3v) is 5.47. The Hall–Kier alpha value is -0.650. The first-order valence-electron chi connectivity index (χ1n) is 16.7. The Bertz CT molecular complexity index is 390. The lowest BCUT2D eigenvalue weighted by Crippen LogP contribution is -2.10. The zero-order valence-corrected chi connectivity index (χ0v) is 28.5. The lowest BCUT2D eigenvalue weighted by molar-refractivity contribution is -0.143. The molecule has 304 valence electrons. The summed E-state index contributed by atoms with van der Waals surface area (Å²) in [5.74, 6) is 0.631. The molecule has 0 N–H and O–H groups in total. The van der Waals surface area contributed by atoms with Crippen LogP contribution in [0.1, 0.15) is 225 Å². The quantitative estimate of drug-likeness (QED) is 0.0789. The average Bonchev–Trinajstić information content (AvgIpc) is 2.94. The molecule has 0 amide bonds. The molecule has 0 radical (unpaired) electrons. The van der Waals surface area contributed by atoms with E-state index in [1.54, 1.807) is 0 Å². The van der Waals surface area contributed by atoms with E-state index in [2.05, 4.69) is 62.3 Å². The molecule has 0 bridgehead atoms. The third kappa shape index (κ3) is 106. The Morgan fingerprint density at radius 1 is 0.468 bits per heavy atom. The first kappa shape index (κ1) is 80.8. The van der Waals surface area contributed by atoms with Crippen molar-refractivity contribution in [3.05, 3.63) is 0 Å². The minimum absolute atomic E-state index is 0. The number of ether oxygens (including phenoxy) is 4. The topological polar surface area (TPSA) is 54.0 Å². The van der Waals surface area contributed by atoms with Crippen molar-refractivity contribution in [3.63, 3.8) is 0 Å². The van der Waals surface area contributed by atoms with Crippen LogP contribution in [0.4, 0.5) is 0 Å². The molecule has 0 spiro atoms. The Balaban J connectivity index is -0.0000000333. The number of carbonyl (C=O) groups excluding carboxylic acids is 1. The van der Waals surface area contributed by atoms with Crippen molar-refractivity contribution in [1.82, 2.24) is 0 Å². The highest BCUT2D eigenvalue weighted by Crippen LogP contribution is 2.03. The van der Waals surface area contributed by atoms with Crippen LogP contribution >= 0.6 is 0 Å². The molecule has 0 aliphatic heterocycles. The van der Waals surface area contributed by atoms with E-state index in [9.17, 15) is 4.79 Å². The van der Waals surface area contributed by atoms with E-state index < -0.39 is 0 Å². The molecule has 1 atom stereocenters. The molecular formula is C42H106O5. The normalized spacial score (nSPS) is 9.09. The molecule has 5 nitrogen and oxygen atoms in total. The zero-order chi connectivity index (χ0) is 30.4. The summed E-state index contributed by atoms with van der Waals surface area (Å²) in [5, 5.41) is 0. The van der Waals surface area contributed by atoms with Crippen LogP contribution in [0.5, 0.6) is 0 Å². The third-order valence-electron chi connectivity index (χ3n) is 5.47. The summed E-state index contributed by atoms with van der Waals surface area (Å²) in [7, 11) is 0. The maximum Gasteiger partial charge on any atom is 0.305 e. The minimum Gasteiger partial charge on any atom is -0.466 e. The first-order valence-corrected chi connectivity index (χ1v) is 16.7. The van der Waals surface area contributed by atoms with E-state index in [0.717, 1.165) is 71.6 Å². The summed E-state index contributed by atoms with van der Waals surface area (Å²) in [4.78, 5) is 10.9. The maximum absolute atomic E-state index is 10.9. The van der Waals surface area contributed by atoms with Crippen LogP contribution in [0.15, 0.2) is 0 Å². The Morgan fingerprint density at radius 2 is 0.851 bits per heavy atom. The molecule has 0 aromatic heterocycles. The van der Waals surface area contributed by atoms with Crippen LogP contribution in [0.3, 0.4) is 0 Å². The van der Waals surface area contributed by atoms with Crippen LogP contribution < -0.4 is 0 Å². The lowest BCUT2D eigenvalue weighted by Gasteiger charge is -2.11. The first-order chi connectivity index (χ1) is 18.8. The monoisotopic (exact) mass is 691 g/mol. The average molecular weight is 691 g/mol. The van der Waals surface area contributed by atoms with Gasteiger partial charge in [0, 0.05) is 39.5 Å². The fraction of sp³-hybridized carbons (Fsp3) is 0.976. The van der Waals surface area contributed by atoms with Gasteiger partial charge in [0.05, 0.1) is 12.7 Å². The van der Waals surface area contributed by atoms with Crippen LogP contribution in [0.25, 0.3) is 0 Å². The number of hydrogen-bond donors (Lipinski definition) is 0. The van der Waals surface area contributed by atoms with Gasteiger partial charge in [-0.1, -0.05) is 167 Å². The van der Waals surface area contributed by atoms with Gasteiger partial charge in [0.1, 0.15) is 0 Å². The van der Waals surface area contributed by atoms with E-state index in [0.29, 0.717) is 25.0 Å². The van der Waals surface area contributed by atoms with E-state index in [1.165, 1.54) is 51.4 Å². The second kappa shape index (κ2) is 80.2. The Labute approximate surface area is 305 Å². The molecule has 0 saturated carbocycles. The maximum atomic E-state index is 10.9. The van der Waals surface area contributed by atoms with Gasteiger partial charge < -0.3 is 18.9 Å². The summed E-state index contributed by atoms with van der Waals surface area (Å²) in [5.41, 5.74) is 0. The van der Waals surface area contributed by atoms with Crippen molar-refractivity contribution in [3.8, 4) is 0 Å². The summed E-state index contributed by atoms with van der Waals surface area (Å²) >= 11 is 0. The van der Waals surface area contributed by atoms with E-state index >= 15 is 0 Å². The summed E-state index contributed by atoms with van der Waals surface area (Å²) in [6.45, 7) is 26.7. The zero-order valence-electron chi connectivity index (χ0n) is 28.5. The lowest BCUT2D eigenvalue weighted by atomic mass is 10.2. The van der Waals surface area contributed by atoms with E-state index in [-0.39, 0.29) is 65.4 Å². The van der Waals surface area contributed by atoms with Crippen LogP contribution in [-0.4, -0.2) is 51.7 Å². The molecule has 0 saturated heterocycles. The molecule has 0 aromatic rings. The molecule has 0 aliphatic carbocycles. The van der Waals surface area contributed by atoms with Crippen LogP contribution in [-0.2, 0) is 23.7 Å². The highest BCUT2D eigenvalue weighted by atomic mass is 16.5. The van der Waals surface area contributed by atoms with Crippen molar-refractivity contribution in [2.24, 2.45) is 5.92 Å². The molecule has 1 unspecified atom stereocenters. The van der Waals surface area contributed by atoms with Gasteiger partial charge in [-0.05, 0) is 57.8 Å². The van der Waals surface area contributed by atoms with Gasteiger partial charge in [0.15, 0.2) is 0 Å². The summed E-state index contributed by atoms with van der Waals surface area (Å²) in [6, 6.07) is 0. The van der Waals surface area contributed by atoms with E-state index in [4.69, 9.17) is 18.9 Å². The Morgan fingerprint density at radius 3 is 1.19 bits per heavy atom. The highest BCUT2D eigenvalue weighted by molar-refractivity contribution is 5.69. The Kier molecular flexibility index (Phi) is 138. The fourth-order valence-electron chi connectivity index (χ4n) is 2.86. The fourth-order valence-corrected chi connectivity index (χ4v) is 2.86. The predicted molar refractivity (Wildman–Crippen MR) is 226 cm³/mol. The second-order valence-electron chi connectivity index (χ2n) is 10.6. The van der Waals surface area contributed by atoms with Crippen LogP contribution in [0.2, 0.25) is 0 Å².